The fourth-order valence-corrected chi connectivity index (χ4v) is 7.93. The average Bonchev–Trinajstić information content (AvgIpc) is 3.38. The molecule has 234 valence electrons. The van der Waals surface area contributed by atoms with Crippen LogP contribution in [-0.4, -0.2) is 0 Å². The van der Waals surface area contributed by atoms with Crippen molar-refractivity contribution < 1.29 is 0 Å². The van der Waals surface area contributed by atoms with Crippen molar-refractivity contribution in [1.82, 2.24) is 0 Å². The smallest absolute Gasteiger partial charge is 0.0622 e. The van der Waals surface area contributed by atoms with Crippen LogP contribution in [0, 0.1) is 10.8 Å². The minimum atomic E-state index is -0.434. The van der Waals surface area contributed by atoms with E-state index in [-0.39, 0.29) is 10.8 Å². The van der Waals surface area contributed by atoms with E-state index in [9.17, 15) is 0 Å². The largest absolute Gasteiger partial charge is 0.0713 e. The molecule has 0 spiro atoms. The van der Waals surface area contributed by atoms with Crippen LogP contribution in [0.1, 0.15) is 81.7 Å². The number of hydrogen-bond acceptors (Lipinski definition) is 0. The van der Waals surface area contributed by atoms with Gasteiger partial charge >= 0.3 is 0 Å². The Morgan fingerprint density at radius 3 is 1.38 bits per heavy atom. The van der Waals surface area contributed by atoms with Crippen LogP contribution in [0.15, 0.2) is 152 Å². The summed E-state index contributed by atoms with van der Waals surface area (Å²) in [5, 5.41) is 0. The lowest BCUT2D eigenvalue weighted by molar-refractivity contribution is 0.229. The Bertz CT molecular complexity index is 1900. The second-order valence-corrected chi connectivity index (χ2v) is 15.7. The van der Waals surface area contributed by atoms with Gasteiger partial charge in [-0.2, -0.15) is 0 Å². The topological polar surface area (TPSA) is 0 Å². The van der Waals surface area contributed by atoms with Gasteiger partial charge in [0.05, 0.1) is 5.41 Å². The predicted octanol–water partition coefficient (Wildman–Crippen LogP) is 12.9. The van der Waals surface area contributed by atoms with Crippen molar-refractivity contribution in [3.05, 3.63) is 179 Å². The molecule has 0 saturated carbocycles. The maximum absolute atomic E-state index is 2.54. The first-order valence-electron chi connectivity index (χ1n) is 17.1. The summed E-state index contributed by atoms with van der Waals surface area (Å²) in [6.45, 7) is 14.3. The molecule has 6 aromatic rings. The Labute approximate surface area is 282 Å². The van der Waals surface area contributed by atoms with Gasteiger partial charge in [-0.1, -0.05) is 193 Å². The van der Waals surface area contributed by atoms with Gasteiger partial charge in [-0.3, -0.25) is 0 Å². The van der Waals surface area contributed by atoms with Crippen LogP contribution in [-0.2, 0) is 5.41 Å². The molecule has 1 unspecified atom stereocenters. The molecule has 0 N–H and O–H groups in total. The first-order chi connectivity index (χ1) is 22.6. The van der Waals surface area contributed by atoms with E-state index in [4.69, 9.17) is 0 Å². The maximum atomic E-state index is 2.54. The summed E-state index contributed by atoms with van der Waals surface area (Å²) >= 11 is 0. The van der Waals surface area contributed by atoms with E-state index in [0.29, 0.717) is 5.92 Å². The Balaban J connectivity index is 1.46. The van der Waals surface area contributed by atoms with Gasteiger partial charge in [0.15, 0.2) is 0 Å². The van der Waals surface area contributed by atoms with Crippen LogP contribution in [0.5, 0.6) is 0 Å². The summed E-state index contributed by atoms with van der Waals surface area (Å²) in [4.78, 5) is 0. The molecular weight excluding hydrogens is 565 g/mol. The maximum Gasteiger partial charge on any atom is 0.0713 e. The molecule has 0 heteroatoms. The molecule has 47 heavy (non-hydrogen) atoms. The van der Waals surface area contributed by atoms with Crippen LogP contribution >= 0.6 is 0 Å². The molecule has 0 bridgehead atoms. The van der Waals surface area contributed by atoms with E-state index in [1.165, 1.54) is 61.2 Å². The van der Waals surface area contributed by atoms with Gasteiger partial charge in [0.1, 0.15) is 0 Å². The van der Waals surface area contributed by atoms with Crippen molar-refractivity contribution in [3.63, 3.8) is 0 Å². The lowest BCUT2D eigenvalue weighted by atomic mass is 9.66. The van der Waals surface area contributed by atoms with Crippen LogP contribution in [0.25, 0.3) is 33.4 Å². The van der Waals surface area contributed by atoms with Gasteiger partial charge in [0.25, 0.3) is 0 Å². The van der Waals surface area contributed by atoms with E-state index >= 15 is 0 Å². The van der Waals surface area contributed by atoms with Crippen molar-refractivity contribution in [3.8, 4) is 33.4 Å². The highest BCUT2D eigenvalue weighted by Gasteiger charge is 2.46. The third-order valence-electron chi connectivity index (χ3n) is 10.2. The third-order valence-corrected chi connectivity index (χ3v) is 10.2. The zero-order valence-corrected chi connectivity index (χ0v) is 28.7. The summed E-state index contributed by atoms with van der Waals surface area (Å²) in [6.07, 6.45) is 1.14. The molecule has 1 aliphatic carbocycles. The SMILES string of the molecule is CC(C)(C)CC(c1ccc2c(c1)-c1ccccc1C2(c1ccc(-c2ccccc2)cc1)c1ccc(-c2ccccc2)cc1)C(C)(C)C. The Kier molecular flexibility index (Phi) is 7.80. The number of rotatable bonds is 6. The molecule has 1 atom stereocenters. The van der Waals surface area contributed by atoms with Gasteiger partial charge in [0, 0.05) is 0 Å². The summed E-state index contributed by atoms with van der Waals surface area (Å²) < 4.78 is 0. The van der Waals surface area contributed by atoms with Crippen molar-refractivity contribution >= 4 is 0 Å². The zero-order chi connectivity index (χ0) is 32.8. The van der Waals surface area contributed by atoms with Crippen molar-refractivity contribution in [2.45, 2.75) is 59.3 Å². The minimum Gasteiger partial charge on any atom is -0.0622 e. The fourth-order valence-electron chi connectivity index (χ4n) is 7.93. The molecule has 7 rings (SSSR count). The molecular formula is C47H46. The predicted molar refractivity (Wildman–Crippen MR) is 201 cm³/mol. The summed E-state index contributed by atoms with van der Waals surface area (Å²) in [6, 6.07) is 56.6. The molecule has 1 aliphatic rings. The fraction of sp³-hybridized carbons (Fsp3) is 0.234. The van der Waals surface area contributed by atoms with E-state index in [0.717, 1.165) is 6.42 Å². The monoisotopic (exact) mass is 610 g/mol. The standard InChI is InChI=1S/C47H46/c1-45(2,3)32-44(46(4,5)6)37-25-30-43-41(31-37)40-19-13-14-20-42(40)47(43,38-26-21-35(22-27-38)33-15-9-7-10-16-33)39-28-23-36(24-29-39)34-17-11-8-12-18-34/h7-31,44H,32H2,1-6H3. The molecule has 0 heterocycles. The molecule has 0 saturated heterocycles. The van der Waals surface area contributed by atoms with Crippen LogP contribution in [0.2, 0.25) is 0 Å². The molecule has 0 nitrogen and oxygen atoms in total. The van der Waals surface area contributed by atoms with E-state index in [2.05, 4.69) is 193 Å². The Morgan fingerprint density at radius 1 is 0.447 bits per heavy atom. The van der Waals surface area contributed by atoms with E-state index < -0.39 is 5.41 Å². The van der Waals surface area contributed by atoms with Crippen molar-refractivity contribution in [1.29, 1.82) is 0 Å². The average molecular weight is 611 g/mol. The molecule has 0 fully saturated rings. The first-order valence-corrected chi connectivity index (χ1v) is 17.1. The van der Waals surface area contributed by atoms with Crippen molar-refractivity contribution in [2.75, 3.05) is 0 Å². The van der Waals surface area contributed by atoms with Gasteiger partial charge in [-0.15, -0.1) is 0 Å². The van der Waals surface area contributed by atoms with Crippen LogP contribution in [0.4, 0.5) is 0 Å². The second-order valence-electron chi connectivity index (χ2n) is 15.7. The first kappa shape index (κ1) is 30.9. The van der Waals surface area contributed by atoms with Gasteiger partial charge in [-0.05, 0) is 84.4 Å². The van der Waals surface area contributed by atoms with Gasteiger partial charge in [-0.25, -0.2) is 0 Å². The lowest BCUT2D eigenvalue weighted by Gasteiger charge is -2.37. The zero-order valence-electron chi connectivity index (χ0n) is 28.7. The molecule has 0 radical (unpaired) electrons. The lowest BCUT2D eigenvalue weighted by Crippen LogP contribution is -2.29. The van der Waals surface area contributed by atoms with Crippen LogP contribution in [0.3, 0.4) is 0 Å². The Morgan fingerprint density at radius 2 is 0.894 bits per heavy atom. The summed E-state index contributed by atoms with van der Waals surface area (Å²) in [5.74, 6) is 0.449. The number of hydrogen-bond donors (Lipinski definition) is 0. The molecule has 6 aromatic carbocycles. The molecule has 0 amide bonds. The van der Waals surface area contributed by atoms with Gasteiger partial charge < -0.3 is 0 Å². The highest BCUT2D eigenvalue weighted by Crippen LogP contribution is 2.57. The molecule has 0 aromatic heterocycles. The third kappa shape index (κ3) is 5.65. The molecule has 0 aliphatic heterocycles. The highest BCUT2D eigenvalue weighted by molar-refractivity contribution is 5.87. The quantitative estimate of drug-likeness (QED) is 0.176. The summed E-state index contributed by atoms with van der Waals surface area (Å²) in [5.41, 5.74) is 14.4. The highest BCUT2D eigenvalue weighted by atomic mass is 14.5. The summed E-state index contributed by atoms with van der Waals surface area (Å²) in [7, 11) is 0. The number of benzene rings is 6. The minimum absolute atomic E-state index is 0.150. The Hall–Kier alpha value is -4.68. The normalized spacial score (nSPS) is 14.3. The number of fused-ring (bicyclic) bond motifs is 3. The second kappa shape index (κ2) is 11.8. The van der Waals surface area contributed by atoms with E-state index in [1.807, 2.05) is 0 Å². The van der Waals surface area contributed by atoms with Crippen molar-refractivity contribution in [2.24, 2.45) is 10.8 Å². The van der Waals surface area contributed by atoms with Crippen LogP contribution < -0.4 is 0 Å². The van der Waals surface area contributed by atoms with E-state index in [1.54, 1.807) is 0 Å². The van der Waals surface area contributed by atoms with Gasteiger partial charge in [0.2, 0.25) is 0 Å².